The number of aliphatic hydroxyl groups excluding tert-OH is 1. The lowest BCUT2D eigenvalue weighted by Crippen LogP contribution is -2.37. The predicted octanol–water partition coefficient (Wildman–Crippen LogP) is 0.0524. The number of nitrogens with one attached hydrogen (secondary N) is 2. The van der Waals surface area contributed by atoms with Crippen molar-refractivity contribution in [3.05, 3.63) is 21.9 Å². The number of methoxy groups -OCH3 is 1. The van der Waals surface area contributed by atoms with Gasteiger partial charge in [0.2, 0.25) is 0 Å². The third kappa shape index (κ3) is 7.00. The van der Waals surface area contributed by atoms with Crippen LogP contribution >= 0.6 is 11.3 Å². The first kappa shape index (κ1) is 17.1. The van der Waals surface area contributed by atoms with E-state index in [1.807, 2.05) is 12.1 Å². The van der Waals surface area contributed by atoms with Crippen LogP contribution in [0.4, 0.5) is 0 Å². The fourth-order valence-corrected chi connectivity index (χ4v) is 2.95. The summed E-state index contributed by atoms with van der Waals surface area (Å²) in [5.41, 5.74) is 0. The van der Waals surface area contributed by atoms with Crippen LogP contribution < -0.4 is 9.44 Å². The van der Waals surface area contributed by atoms with E-state index < -0.39 is 10.2 Å². The van der Waals surface area contributed by atoms with Gasteiger partial charge in [-0.2, -0.15) is 17.9 Å². The minimum Gasteiger partial charge on any atom is -0.395 e. The molecule has 1 aromatic rings. The number of hydrogen-bond donors (Lipinski definition) is 3. The Bertz CT molecular complexity index is 558. The monoisotopic (exact) mass is 318 g/mol. The zero-order valence-corrected chi connectivity index (χ0v) is 12.8. The first-order chi connectivity index (χ1) is 9.57. The Morgan fingerprint density at radius 3 is 2.90 bits per heavy atom. The van der Waals surface area contributed by atoms with E-state index in [1.54, 1.807) is 0 Å². The molecule has 0 radical (unpaired) electrons. The topological polar surface area (TPSA) is 87.7 Å². The number of thiophene rings is 1. The lowest BCUT2D eigenvalue weighted by molar-refractivity contribution is 0.204. The molecule has 0 amide bonds. The van der Waals surface area contributed by atoms with E-state index in [0.29, 0.717) is 13.0 Å². The first-order valence-corrected chi connectivity index (χ1v) is 8.29. The summed E-state index contributed by atoms with van der Waals surface area (Å²) in [4.78, 5) is 1.72. The maximum Gasteiger partial charge on any atom is 0.277 e. The number of aliphatic hydroxyl groups is 1. The summed E-state index contributed by atoms with van der Waals surface area (Å²) < 4.78 is 32.7. The van der Waals surface area contributed by atoms with Gasteiger partial charge in [-0.05, 0) is 12.1 Å². The van der Waals surface area contributed by atoms with Crippen LogP contribution in [0.25, 0.3) is 0 Å². The second-order valence-corrected chi connectivity index (χ2v) is 6.51. The van der Waals surface area contributed by atoms with Gasteiger partial charge in [0.1, 0.15) is 0 Å². The molecule has 112 valence electrons. The van der Waals surface area contributed by atoms with Crippen molar-refractivity contribution in [2.75, 3.05) is 26.9 Å². The molecule has 0 bridgehead atoms. The fraction of sp³-hybridized carbons (Fsp3) is 0.500. The van der Waals surface area contributed by atoms with Crippen molar-refractivity contribution in [2.24, 2.45) is 0 Å². The van der Waals surface area contributed by atoms with Crippen molar-refractivity contribution < 1.29 is 18.3 Å². The summed E-state index contributed by atoms with van der Waals surface area (Å²) in [6.07, 6.45) is 0.434. The van der Waals surface area contributed by atoms with Crippen LogP contribution in [-0.4, -0.2) is 40.4 Å². The third-order valence-corrected chi connectivity index (χ3v) is 4.25. The van der Waals surface area contributed by atoms with E-state index in [2.05, 4.69) is 21.3 Å². The Morgan fingerprint density at radius 1 is 1.40 bits per heavy atom. The van der Waals surface area contributed by atoms with Gasteiger partial charge >= 0.3 is 0 Å². The largest absolute Gasteiger partial charge is 0.395 e. The summed E-state index contributed by atoms with van der Waals surface area (Å²) in [6.45, 7) is 0.811. The molecular formula is C12H18N2O4S2. The van der Waals surface area contributed by atoms with E-state index in [1.165, 1.54) is 18.4 Å². The number of hydrogen-bond acceptors (Lipinski definition) is 5. The van der Waals surface area contributed by atoms with Gasteiger partial charge in [-0.15, -0.1) is 11.3 Å². The molecule has 0 fully saturated rings. The van der Waals surface area contributed by atoms with E-state index in [9.17, 15) is 8.42 Å². The van der Waals surface area contributed by atoms with Gasteiger partial charge in [0.15, 0.2) is 0 Å². The zero-order valence-electron chi connectivity index (χ0n) is 11.2. The first-order valence-electron chi connectivity index (χ1n) is 5.99. The van der Waals surface area contributed by atoms with Crippen molar-refractivity contribution in [3.8, 4) is 11.8 Å². The lowest BCUT2D eigenvalue weighted by atomic mass is 10.4. The molecule has 0 aliphatic carbocycles. The van der Waals surface area contributed by atoms with Crippen LogP contribution in [0.3, 0.4) is 0 Å². The summed E-state index contributed by atoms with van der Waals surface area (Å²) in [6, 6.07) is 3.66. The van der Waals surface area contributed by atoms with Crippen molar-refractivity contribution in [1.82, 2.24) is 9.44 Å². The molecule has 0 atom stereocenters. The molecule has 0 unspecified atom stereocenters. The van der Waals surface area contributed by atoms with Crippen molar-refractivity contribution >= 4 is 21.5 Å². The predicted molar refractivity (Wildman–Crippen MR) is 78.5 cm³/mol. The van der Waals surface area contributed by atoms with Gasteiger partial charge in [0.05, 0.1) is 18.1 Å². The Balaban J connectivity index is 2.44. The summed E-state index contributed by atoms with van der Waals surface area (Å²) in [5.74, 6) is 5.72. The van der Waals surface area contributed by atoms with Crippen LogP contribution in [0.5, 0.6) is 0 Å². The molecular weight excluding hydrogens is 300 g/mol. The minimum absolute atomic E-state index is 0.0399. The molecule has 1 heterocycles. The molecule has 0 aliphatic heterocycles. The van der Waals surface area contributed by atoms with E-state index in [-0.39, 0.29) is 19.7 Å². The van der Waals surface area contributed by atoms with E-state index >= 15 is 0 Å². The molecule has 20 heavy (non-hydrogen) atoms. The van der Waals surface area contributed by atoms with E-state index in [4.69, 9.17) is 9.84 Å². The van der Waals surface area contributed by atoms with Gasteiger partial charge < -0.3 is 9.84 Å². The van der Waals surface area contributed by atoms with Gasteiger partial charge in [-0.1, -0.05) is 11.8 Å². The third-order valence-electron chi connectivity index (χ3n) is 2.14. The zero-order chi connectivity index (χ0) is 14.8. The normalized spacial score (nSPS) is 11.1. The molecule has 8 heteroatoms. The van der Waals surface area contributed by atoms with Crippen molar-refractivity contribution in [1.29, 1.82) is 0 Å². The lowest BCUT2D eigenvalue weighted by Gasteiger charge is -2.06. The smallest absolute Gasteiger partial charge is 0.277 e. The molecule has 3 N–H and O–H groups in total. The summed E-state index contributed by atoms with van der Waals surface area (Å²) in [7, 11) is -2.00. The molecule has 0 aromatic carbocycles. The standard InChI is InChI=1S/C12H18N2O4S2/c1-18-9-7-13-20(16,17)14-10-12-6-5-11(19-12)4-2-3-8-15/h5-6,13-15H,3,7-10H2,1H3. The van der Waals surface area contributed by atoms with Crippen LogP contribution in [0.2, 0.25) is 0 Å². The van der Waals surface area contributed by atoms with Crippen molar-refractivity contribution in [3.63, 3.8) is 0 Å². The molecule has 0 spiro atoms. The van der Waals surface area contributed by atoms with Gasteiger partial charge in [-0.25, -0.2) is 0 Å². The van der Waals surface area contributed by atoms with Crippen LogP contribution in [0.1, 0.15) is 16.2 Å². The number of rotatable bonds is 8. The van der Waals surface area contributed by atoms with Crippen LogP contribution in [0, 0.1) is 11.8 Å². The minimum atomic E-state index is -3.51. The van der Waals surface area contributed by atoms with Crippen LogP contribution in [-0.2, 0) is 21.5 Å². The molecule has 1 aromatic heterocycles. The molecule has 0 aliphatic rings. The Hall–Kier alpha value is -0.950. The fourth-order valence-electron chi connectivity index (χ4n) is 1.24. The highest BCUT2D eigenvalue weighted by atomic mass is 32.2. The molecule has 0 saturated heterocycles. The Kier molecular flexibility index (Phi) is 7.76. The second-order valence-electron chi connectivity index (χ2n) is 3.75. The summed E-state index contributed by atoms with van der Waals surface area (Å²) in [5, 5.41) is 8.62. The highest BCUT2D eigenvalue weighted by molar-refractivity contribution is 7.87. The van der Waals surface area contributed by atoms with Gasteiger partial charge in [0, 0.05) is 31.5 Å². The highest BCUT2D eigenvalue weighted by Crippen LogP contribution is 2.15. The maximum atomic E-state index is 11.6. The maximum absolute atomic E-state index is 11.6. The molecule has 0 saturated carbocycles. The second kappa shape index (κ2) is 9.07. The average molecular weight is 318 g/mol. The average Bonchev–Trinajstić information content (AvgIpc) is 2.85. The Labute approximate surface area is 123 Å². The molecule has 1 rings (SSSR count). The number of ether oxygens (including phenoxy) is 1. The van der Waals surface area contributed by atoms with Gasteiger partial charge in [0.25, 0.3) is 10.2 Å². The quantitative estimate of drug-likeness (QED) is 0.467. The Morgan fingerprint density at radius 2 is 2.20 bits per heavy atom. The van der Waals surface area contributed by atoms with Gasteiger partial charge in [-0.3, -0.25) is 0 Å². The molecule has 6 nitrogen and oxygen atoms in total. The SMILES string of the molecule is COCCNS(=O)(=O)NCc1ccc(C#CCCO)s1. The van der Waals surface area contributed by atoms with Crippen molar-refractivity contribution in [2.45, 2.75) is 13.0 Å². The van der Waals surface area contributed by atoms with E-state index in [0.717, 1.165) is 9.75 Å². The highest BCUT2D eigenvalue weighted by Gasteiger charge is 2.09. The summed E-state index contributed by atoms with van der Waals surface area (Å²) >= 11 is 1.42. The van der Waals surface area contributed by atoms with Crippen LogP contribution in [0.15, 0.2) is 12.1 Å².